The van der Waals surface area contributed by atoms with Crippen LogP contribution in [0.4, 0.5) is 0 Å². The number of fused-ring (bicyclic) bond motifs is 1. The maximum absolute atomic E-state index is 2.55. The number of aromatic nitrogens is 2. The van der Waals surface area contributed by atoms with Gasteiger partial charge >= 0.3 is 0 Å². The van der Waals surface area contributed by atoms with Crippen molar-refractivity contribution in [2.75, 3.05) is 0 Å². The maximum atomic E-state index is 2.55. The summed E-state index contributed by atoms with van der Waals surface area (Å²) in [4.78, 5) is 0. The van der Waals surface area contributed by atoms with Crippen LogP contribution in [0.5, 0.6) is 0 Å². The number of imidazole rings is 1. The zero-order valence-electron chi connectivity index (χ0n) is 20.9. The van der Waals surface area contributed by atoms with Crippen LogP contribution in [0, 0.1) is 0 Å². The highest BCUT2D eigenvalue weighted by Crippen LogP contribution is 2.39. The standard InChI is InChI=1S/C30H37N2/c1-20(2)24-18-23(22-14-10-9-11-15-22)19-25(21(3)4)28(24)32-27-17-13-12-16-26(27)31(8)29(32)30(5,6)7/h9-21H,1-8H3/q+1. The molecule has 0 N–H and O–H groups in total. The smallest absolute Gasteiger partial charge is 0.229 e. The third-order valence-corrected chi connectivity index (χ3v) is 6.43. The van der Waals surface area contributed by atoms with Crippen molar-refractivity contribution < 1.29 is 4.57 Å². The molecule has 4 rings (SSSR count). The summed E-state index contributed by atoms with van der Waals surface area (Å²) in [5.41, 5.74) is 9.29. The van der Waals surface area contributed by atoms with Crippen LogP contribution >= 0.6 is 0 Å². The van der Waals surface area contributed by atoms with Crippen molar-refractivity contribution in [2.45, 2.75) is 65.7 Å². The Balaban J connectivity index is 2.17. The summed E-state index contributed by atoms with van der Waals surface area (Å²) in [5, 5.41) is 0. The van der Waals surface area contributed by atoms with Gasteiger partial charge in [-0.15, -0.1) is 0 Å². The Morgan fingerprint density at radius 3 is 1.78 bits per heavy atom. The molecular weight excluding hydrogens is 388 g/mol. The molecule has 0 radical (unpaired) electrons. The molecule has 2 nitrogen and oxygen atoms in total. The van der Waals surface area contributed by atoms with Crippen LogP contribution in [0.2, 0.25) is 0 Å². The number of nitrogens with zero attached hydrogens (tertiary/aromatic N) is 2. The molecule has 0 aliphatic heterocycles. The first kappa shape index (κ1) is 22.3. The van der Waals surface area contributed by atoms with Gasteiger partial charge in [-0.2, -0.15) is 4.57 Å². The lowest BCUT2D eigenvalue weighted by Gasteiger charge is -2.23. The molecular formula is C30H37N2+. The Morgan fingerprint density at radius 1 is 0.719 bits per heavy atom. The average molecular weight is 426 g/mol. The molecule has 1 heterocycles. The van der Waals surface area contributed by atoms with E-state index in [2.05, 4.69) is 131 Å². The molecule has 3 aromatic carbocycles. The number of hydrogen-bond acceptors (Lipinski definition) is 0. The van der Waals surface area contributed by atoms with E-state index in [0.29, 0.717) is 11.8 Å². The first-order valence-electron chi connectivity index (χ1n) is 11.8. The molecule has 0 unspecified atom stereocenters. The first-order chi connectivity index (χ1) is 15.1. The van der Waals surface area contributed by atoms with Gasteiger partial charge in [0.1, 0.15) is 5.69 Å². The minimum Gasteiger partial charge on any atom is -0.229 e. The number of para-hydroxylation sites is 2. The highest BCUT2D eigenvalue weighted by atomic mass is 15.2. The summed E-state index contributed by atoms with van der Waals surface area (Å²) in [6.07, 6.45) is 0. The van der Waals surface area contributed by atoms with Crippen molar-refractivity contribution in [3.63, 3.8) is 0 Å². The fraction of sp³-hybridized carbons (Fsp3) is 0.367. The van der Waals surface area contributed by atoms with Gasteiger partial charge in [-0.1, -0.05) is 70.2 Å². The molecule has 4 aromatic rings. The van der Waals surface area contributed by atoms with Gasteiger partial charge in [-0.05, 0) is 68.0 Å². The quantitative estimate of drug-likeness (QED) is 0.297. The summed E-state index contributed by atoms with van der Waals surface area (Å²) in [5.74, 6) is 2.14. The van der Waals surface area contributed by atoms with E-state index in [1.54, 1.807) is 0 Å². The summed E-state index contributed by atoms with van der Waals surface area (Å²) in [6.45, 7) is 16.2. The third kappa shape index (κ3) is 3.77. The number of rotatable bonds is 4. The largest absolute Gasteiger partial charge is 0.267 e. The summed E-state index contributed by atoms with van der Waals surface area (Å²) in [7, 11) is 2.21. The molecule has 2 heteroatoms. The third-order valence-electron chi connectivity index (χ3n) is 6.43. The van der Waals surface area contributed by atoms with Crippen LogP contribution in [-0.4, -0.2) is 4.57 Å². The van der Waals surface area contributed by atoms with Crippen LogP contribution in [0.1, 0.15) is 77.3 Å². The second kappa shape index (κ2) is 8.24. The van der Waals surface area contributed by atoms with Gasteiger partial charge in [0.2, 0.25) is 0 Å². The minimum absolute atomic E-state index is 0.00558. The SMILES string of the molecule is CC(C)c1cc(-c2ccccc2)cc(C(C)C)c1-n1c(C(C)(C)C)[n+](C)c2ccccc21. The highest BCUT2D eigenvalue weighted by molar-refractivity contribution is 5.78. The predicted molar refractivity (Wildman–Crippen MR) is 137 cm³/mol. The van der Waals surface area contributed by atoms with Crippen molar-refractivity contribution in [1.82, 2.24) is 4.57 Å². The molecule has 0 amide bonds. The molecule has 0 saturated carbocycles. The number of aryl methyl sites for hydroxylation is 1. The van der Waals surface area contributed by atoms with Crippen molar-refractivity contribution in [2.24, 2.45) is 7.05 Å². The molecule has 0 atom stereocenters. The van der Waals surface area contributed by atoms with E-state index in [0.717, 1.165) is 0 Å². The second-order valence-corrected chi connectivity index (χ2v) is 10.6. The summed E-state index contributed by atoms with van der Waals surface area (Å²) < 4.78 is 4.93. The molecule has 0 aliphatic rings. The van der Waals surface area contributed by atoms with Crippen LogP contribution in [0.3, 0.4) is 0 Å². The van der Waals surface area contributed by atoms with Gasteiger partial charge in [0, 0.05) is 11.1 Å². The first-order valence-corrected chi connectivity index (χ1v) is 11.8. The second-order valence-electron chi connectivity index (χ2n) is 10.6. The molecule has 0 aliphatic carbocycles. The number of hydrogen-bond donors (Lipinski definition) is 0. The summed E-state index contributed by atoms with van der Waals surface area (Å²) >= 11 is 0. The van der Waals surface area contributed by atoms with E-state index in [4.69, 9.17) is 0 Å². The molecule has 166 valence electrons. The molecule has 0 spiro atoms. The Morgan fingerprint density at radius 2 is 1.25 bits per heavy atom. The van der Waals surface area contributed by atoms with E-state index in [1.165, 1.54) is 44.8 Å². The highest BCUT2D eigenvalue weighted by Gasteiger charge is 2.36. The fourth-order valence-corrected chi connectivity index (χ4v) is 5.00. The lowest BCUT2D eigenvalue weighted by molar-refractivity contribution is -0.657. The van der Waals surface area contributed by atoms with E-state index < -0.39 is 0 Å². The molecule has 0 fully saturated rings. The van der Waals surface area contributed by atoms with Crippen molar-refractivity contribution >= 4 is 11.0 Å². The van der Waals surface area contributed by atoms with E-state index >= 15 is 0 Å². The van der Waals surface area contributed by atoms with Crippen molar-refractivity contribution in [3.8, 4) is 16.8 Å². The molecule has 32 heavy (non-hydrogen) atoms. The van der Waals surface area contributed by atoms with Gasteiger partial charge < -0.3 is 0 Å². The van der Waals surface area contributed by atoms with Crippen LogP contribution in [0.25, 0.3) is 27.8 Å². The van der Waals surface area contributed by atoms with Crippen molar-refractivity contribution in [1.29, 1.82) is 0 Å². The Bertz CT molecular complexity index is 1220. The van der Waals surface area contributed by atoms with Crippen LogP contribution in [0.15, 0.2) is 66.7 Å². The van der Waals surface area contributed by atoms with Gasteiger partial charge in [0.25, 0.3) is 5.82 Å². The van der Waals surface area contributed by atoms with E-state index in [9.17, 15) is 0 Å². The van der Waals surface area contributed by atoms with E-state index in [1.807, 2.05) is 0 Å². The zero-order valence-corrected chi connectivity index (χ0v) is 20.9. The van der Waals surface area contributed by atoms with Crippen LogP contribution < -0.4 is 4.57 Å². The lowest BCUT2D eigenvalue weighted by Crippen LogP contribution is -2.39. The average Bonchev–Trinajstić information content (AvgIpc) is 3.06. The monoisotopic (exact) mass is 425 g/mol. The van der Waals surface area contributed by atoms with Crippen LogP contribution in [-0.2, 0) is 12.5 Å². The molecule has 0 bridgehead atoms. The van der Waals surface area contributed by atoms with Gasteiger partial charge in [0.05, 0.1) is 12.5 Å². The Labute approximate surface area is 193 Å². The fourth-order valence-electron chi connectivity index (χ4n) is 5.00. The van der Waals surface area contributed by atoms with Gasteiger partial charge in [-0.3, -0.25) is 0 Å². The summed E-state index contributed by atoms with van der Waals surface area (Å²) in [6, 6.07) is 24.4. The maximum Gasteiger partial charge on any atom is 0.267 e. The topological polar surface area (TPSA) is 8.81 Å². The normalized spacial score (nSPS) is 12.3. The Hall–Kier alpha value is -2.87. The molecule has 0 saturated heterocycles. The Kier molecular flexibility index (Phi) is 5.75. The zero-order chi connectivity index (χ0) is 23.2. The van der Waals surface area contributed by atoms with E-state index in [-0.39, 0.29) is 5.41 Å². The number of benzene rings is 3. The molecule has 1 aromatic heterocycles. The lowest BCUT2D eigenvalue weighted by atomic mass is 9.87. The van der Waals surface area contributed by atoms with Gasteiger partial charge in [-0.25, -0.2) is 4.57 Å². The predicted octanol–water partition coefficient (Wildman–Crippen LogP) is 7.67. The van der Waals surface area contributed by atoms with Crippen molar-refractivity contribution in [3.05, 3.63) is 83.7 Å². The minimum atomic E-state index is -0.00558. The van der Waals surface area contributed by atoms with Gasteiger partial charge in [0.15, 0.2) is 11.0 Å².